The number of thiocarbonyl (C=S) groups is 1. The molecule has 0 unspecified atom stereocenters. The molecule has 184 valence electrons. The lowest BCUT2D eigenvalue weighted by molar-refractivity contribution is 0.0977. The topological polar surface area (TPSA) is 87.3 Å². The Labute approximate surface area is 220 Å². The molecule has 3 aromatic rings. The number of nitrogens with one attached hydrogen (secondary N) is 3. The van der Waals surface area contributed by atoms with E-state index in [0.717, 1.165) is 15.6 Å². The normalized spacial score (nSPS) is 11.7. The zero-order chi connectivity index (χ0) is 25.6. The number of amides is 1. The van der Waals surface area contributed by atoms with Gasteiger partial charge in [-0.25, -0.2) is 13.1 Å². The highest BCUT2D eigenvalue weighted by molar-refractivity contribution is 9.10. The fourth-order valence-corrected chi connectivity index (χ4v) is 5.59. The first kappa shape index (κ1) is 27.0. The summed E-state index contributed by atoms with van der Waals surface area (Å²) in [5, 5.41) is 5.67. The van der Waals surface area contributed by atoms with Gasteiger partial charge < -0.3 is 5.32 Å². The maximum Gasteiger partial charge on any atom is 0.257 e. The monoisotopic (exact) mass is 573 g/mol. The van der Waals surface area contributed by atoms with E-state index in [4.69, 9.17) is 12.2 Å². The molecule has 0 saturated heterocycles. The zero-order valence-corrected chi connectivity index (χ0v) is 23.0. The van der Waals surface area contributed by atoms with Crippen LogP contribution in [0.25, 0.3) is 0 Å². The molecule has 0 aromatic heterocycles. The molecule has 0 aliphatic rings. The Morgan fingerprint density at radius 1 is 0.971 bits per heavy atom. The lowest BCUT2D eigenvalue weighted by Crippen LogP contribution is -2.34. The molecule has 0 bridgehead atoms. The van der Waals surface area contributed by atoms with E-state index in [0.29, 0.717) is 24.2 Å². The molecule has 35 heavy (non-hydrogen) atoms. The lowest BCUT2D eigenvalue weighted by atomic mass is 9.86. The number of halogens is 1. The Kier molecular flexibility index (Phi) is 8.82. The summed E-state index contributed by atoms with van der Waals surface area (Å²) in [6.45, 7) is 6.60. The molecule has 0 fully saturated rings. The smallest absolute Gasteiger partial charge is 0.257 e. The van der Waals surface area contributed by atoms with Crippen molar-refractivity contribution < 1.29 is 13.2 Å². The molecule has 1 amide bonds. The molecule has 0 heterocycles. The van der Waals surface area contributed by atoms with Crippen molar-refractivity contribution in [1.82, 2.24) is 10.0 Å². The number of anilines is 1. The van der Waals surface area contributed by atoms with Crippen LogP contribution in [0.5, 0.6) is 0 Å². The standard InChI is InChI=1S/C26H28BrN3O3S2/c1-26(2,3)22-14-9-19(17-23(22)27)24(31)30-25(34)29-20-10-12-21(13-11-20)35(32,33)28-16-15-18-7-5-4-6-8-18/h4-14,17,28H,15-16H2,1-3H3,(H2,29,30,31,34). The summed E-state index contributed by atoms with van der Waals surface area (Å²) in [6, 6.07) is 21.3. The number of carbonyl (C=O) groups excluding carboxylic acids is 1. The van der Waals surface area contributed by atoms with E-state index in [-0.39, 0.29) is 21.3 Å². The quantitative estimate of drug-likeness (QED) is 0.330. The van der Waals surface area contributed by atoms with Crippen LogP contribution in [0.3, 0.4) is 0 Å². The van der Waals surface area contributed by atoms with Crippen LogP contribution in [-0.4, -0.2) is 26.0 Å². The van der Waals surface area contributed by atoms with Gasteiger partial charge in [0.2, 0.25) is 10.0 Å². The second kappa shape index (κ2) is 11.4. The number of hydrogen-bond acceptors (Lipinski definition) is 4. The van der Waals surface area contributed by atoms with Crippen LogP contribution in [0, 0.1) is 0 Å². The van der Waals surface area contributed by atoms with Gasteiger partial charge in [0.15, 0.2) is 5.11 Å². The second-order valence-electron chi connectivity index (χ2n) is 9.01. The van der Waals surface area contributed by atoms with E-state index in [1.54, 1.807) is 24.3 Å². The van der Waals surface area contributed by atoms with Gasteiger partial charge >= 0.3 is 0 Å². The molecule has 6 nitrogen and oxygen atoms in total. The van der Waals surface area contributed by atoms with Crippen molar-refractivity contribution in [3.8, 4) is 0 Å². The lowest BCUT2D eigenvalue weighted by Gasteiger charge is -2.21. The molecule has 9 heteroatoms. The van der Waals surface area contributed by atoms with Gasteiger partial charge in [-0.15, -0.1) is 0 Å². The summed E-state index contributed by atoms with van der Waals surface area (Å²) in [4.78, 5) is 12.7. The minimum Gasteiger partial charge on any atom is -0.332 e. The molecule has 0 saturated carbocycles. The number of carbonyl (C=O) groups is 1. The summed E-state index contributed by atoms with van der Waals surface area (Å²) >= 11 is 8.79. The Bertz CT molecular complexity index is 1300. The molecule has 0 spiro atoms. The maximum absolute atomic E-state index is 12.6. The summed E-state index contributed by atoms with van der Waals surface area (Å²) in [7, 11) is -3.63. The Morgan fingerprint density at radius 2 is 1.63 bits per heavy atom. The molecule has 0 aliphatic heterocycles. The van der Waals surface area contributed by atoms with E-state index < -0.39 is 10.0 Å². The average molecular weight is 575 g/mol. The van der Waals surface area contributed by atoms with Crippen molar-refractivity contribution in [3.05, 3.63) is 94.0 Å². The van der Waals surface area contributed by atoms with Crippen LogP contribution in [0.2, 0.25) is 0 Å². The van der Waals surface area contributed by atoms with Crippen molar-refractivity contribution in [3.63, 3.8) is 0 Å². The van der Waals surface area contributed by atoms with E-state index in [1.165, 1.54) is 12.1 Å². The first-order valence-corrected chi connectivity index (χ1v) is 13.7. The van der Waals surface area contributed by atoms with Crippen LogP contribution >= 0.6 is 28.1 Å². The van der Waals surface area contributed by atoms with Gasteiger partial charge in [0.1, 0.15) is 0 Å². The van der Waals surface area contributed by atoms with Crippen LogP contribution in [0.1, 0.15) is 42.3 Å². The number of rotatable bonds is 7. The fourth-order valence-electron chi connectivity index (χ4n) is 3.38. The van der Waals surface area contributed by atoms with Gasteiger partial charge in [-0.05, 0) is 71.6 Å². The predicted octanol–water partition coefficient (Wildman–Crippen LogP) is 5.39. The molecule has 0 radical (unpaired) electrons. The minimum atomic E-state index is -3.63. The van der Waals surface area contributed by atoms with Gasteiger partial charge in [-0.1, -0.05) is 73.1 Å². The fraction of sp³-hybridized carbons (Fsp3) is 0.231. The van der Waals surface area contributed by atoms with E-state index >= 15 is 0 Å². The largest absolute Gasteiger partial charge is 0.332 e. The number of hydrogen-bond donors (Lipinski definition) is 3. The highest BCUT2D eigenvalue weighted by atomic mass is 79.9. The first-order chi connectivity index (χ1) is 16.5. The highest BCUT2D eigenvalue weighted by Crippen LogP contribution is 2.30. The van der Waals surface area contributed by atoms with Crippen molar-refractivity contribution in [2.45, 2.75) is 37.5 Å². The molecule has 3 rings (SSSR count). The highest BCUT2D eigenvalue weighted by Gasteiger charge is 2.19. The molecule has 0 atom stereocenters. The van der Waals surface area contributed by atoms with Gasteiger partial charge in [0, 0.05) is 22.3 Å². The summed E-state index contributed by atoms with van der Waals surface area (Å²) in [6.07, 6.45) is 0.600. The molecular formula is C26H28BrN3O3S2. The van der Waals surface area contributed by atoms with E-state index in [9.17, 15) is 13.2 Å². The third-order valence-corrected chi connectivity index (χ3v) is 7.57. The van der Waals surface area contributed by atoms with Gasteiger partial charge in [0.25, 0.3) is 5.91 Å². The third kappa shape index (κ3) is 7.70. The van der Waals surface area contributed by atoms with Gasteiger partial charge in [0.05, 0.1) is 4.90 Å². The van der Waals surface area contributed by atoms with Gasteiger partial charge in [-0.3, -0.25) is 10.1 Å². The van der Waals surface area contributed by atoms with Crippen LogP contribution in [0.4, 0.5) is 5.69 Å². The van der Waals surface area contributed by atoms with Crippen molar-refractivity contribution in [2.75, 3.05) is 11.9 Å². The summed E-state index contributed by atoms with van der Waals surface area (Å²) in [5.41, 5.74) is 3.13. The first-order valence-electron chi connectivity index (χ1n) is 11.0. The molecule has 3 N–H and O–H groups in total. The summed E-state index contributed by atoms with van der Waals surface area (Å²) < 4.78 is 28.6. The Balaban J connectivity index is 1.55. The van der Waals surface area contributed by atoms with Crippen LogP contribution in [-0.2, 0) is 21.9 Å². The van der Waals surface area contributed by atoms with Gasteiger partial charge in [-0.2, -0.15) is 0 Å². The Hall–Kier alpha value is -2.59. The zero-order valence-electron chi connectivity index (χ0n) is 19.8. The maximum atomic E-state index is 12.6. The Morgan fingerprint density at radius 3 is 2.23 bits per heavy atom. The second-order valence-corrected chi connectivity index (χ2v) is 12.0. The molecule has 3 aromatic carbocycles. The van der Waals surface area contributed by atoms with E-state index in [2.05, 4.69) is 52.1 Å². The van der Waals surface area contributed by atoms with Crippen molar-refractivity contribution in [1.29, 1.82) is 0 Å². The molecular weight excluding hydrogens is 546 g/mol. The number of sulfonamides is 1. The van der Waals surface area contributed by atoms with Crippen molar-refractivity contribution >= 4 is 54.9 Å². The molecule has 0 aliphatic carbocycles. The van der Waals surface area contributed by atoms with Crippen LogP contribution in [0.15, 0.2) is 82.2 Å². The number of benzene rings is 3. The van der Waals surface area contributed by atoms with Crippen LogP contribution < -0.4 is 15.4 Å². The third-order valence-electron chi connectivity index (χ3n) is 5.24. The SMILES string of the molecule is CC(C)(C)c1ccc(C(=O)NC(=S)Nc2ccc(S(=O)(=O)NCCc3ccccc3)cc2)cc1Br. The predicted molar refractivity (Wildman–Crippen MR) is 148 cm³/mol. The minimum absolute atomic E-state index is 0.0538. The van der Waals surface area contributed by atoms with Crippen molar-refractivity contribution in [2.24, 2.45) is 0 Å². The van der Waals surface area contributed by atoms with E-state index in [1.807, 2.05) is 36.4 Å². The average Bonchev–Trinajstić information content (AvgIpc) is 2.79. The summed E-state index contributed by atoms with van der Waals surface area (Å²) in [5.74, 6) is -0.342.